The van der Waals surface area contributed by atoms with Crippen LogP contribution in [0.15, 0.2) is 0 Å². The third-order valence-electron chi connectivity index (χ3n) is 3.32. The molecule has 1 aromatic heterocycles. The van der Waals surface area contributed by atoms with Crippen molar-refractivity contribution in [3.05, 3.63) is 16.5 Å². The van der Waals surface area contributed by atoms with Crippen LogP contribution < -0.4 is 4.90 Å². The van der Waals surface area contributed by atoms with Gasteiger partial charge in [-0.05, 0) is 19.9 Å². The quantitative estimate of drug-likeness (QED) is 0.622. The number of aromatic nitrogens is 2. The van der Waals surface area contributed by atoms with E-state index in [1.165, 1.54) is 0 Å². The van der Waals surface area contributed by atoms with E-state index in [1.54, 1.807) is 6.92 Å². The van der Waals surface area contributed by atoms with Crippen LogP contribution in [-0.2, 0) is 0 Å². The van der Waals surface area contributed by atoms with Gasteiger partial charge in [0.2, 0.25) is 0 Å². The largest absolute Gasteiger partial charge is 0.353 e. The molecule has 0 bridgehead atoms. The molecule has 0 atom stereocenters. The topological polar surface area (TPSA) is 49.3 Å². The molecule has 1 aliphatic heterocycles. The molecule has 5 nitrogen and oxygen atoms in total. The Hall–Kier alpha value is -1.20. The van der Waals surface area contributed by atoms with Crippen LogP contribution in [0.2, 0.25) is 5.15 Å². The highest BCUT2D eigenvalue weighted by Crippen LogP contribution is 2.23. The van der Waals surface area contributed by atoms with Gasteiger partial charge in [-0.15, -0.1) is 0 Å². The fourth-order valence-corrected chi connectivity index (χ4v) is 2.63. The molecule has 1 aromatic rings. The maximum atomic E-state index is 11.2. The second-order valence-electron chi connectivity index (χ2n) is 4.75. The highest BCUT2D eigenvalue weighted by molar-refractivity contribution is 6.32. The van der Waals surface area contributed by atoms with E-state index in [-0.39, 0.29) is 5.15 Å². The van der Waals surface area contributed by atoms with Crippen LogP contribution in [0.4, 0.5) is 5.82 Å². The van der Waals surface area contributed by atoms with Gasteiger partial charge in [-0.2, -0.15) is 0 Å². The van der Waals surface area contributed by atoms with Gasteiger partial charge < -0.3 is 4.90 Å². The van der Waals surface area contributed by atoms with Crippen LogP contribution in [0.1, 0.15) is 29.5 Å². The molecule has 1 aliphatic rings. The summed E-state index contributed by atoms with van der Waals surface area (Å²) in [5.74, 6) is 1.27. The molecule has 2 rings (SSSR count). The van der Waals surface area contributed by atoms with Crippen molar-refractivity contribution in [2.24, 2.45) is 0 Å². The van der Waals surface area contributed by atoms with E-state index in [1.807, 2.05) is 0 Å². The zero-order valence-electron chi connectivity index (χ0n) is 11.4. The van der Waals surface area contributed by atoms with Crippen LogP contribution in [0, 0.1) is 6.92 Å². The first kappa shape index (κ1) is 14.2. The lowest BCUT2D eigenvalue weighted by molar-refractivity contribution is 0.112. The van der Waals surface area contributed by atoms with Crippen LogP contribution in [0.5, 0.6) is 0 Å². The predicted molar refractivity (Wildman–Crippen MR) is 76.1 cm³/mol. The zero-order valence-corrected chi connectivity index (χ0v) is 12.2. The van der Waals surface area contributed by atoms with Crippen molar-refractivity contribution in [2.75, 3.05) is 37.6 Å². The van der Waals surface area contributed by atoms with E-state index < -0.39 is 0 Å². The van der Waals surface area contributed by atoms with Crippen molar-refractivity contribution in [1.82, 2.24) is 14.9 Å². The van der Waals surface area contributed by atoms with E-state index in [0.717, 1.165) is 45.4 Å². The Bertz CT molecular complexity index is 458. The Morgan fingerprint density at radius 3 is 2.53 bits per heavy atom. The molecule has 1 saturated heterocycles. The van der Waals surface area contributed by atoms with Crippen molar-refractivity contribution < 1.29 is 4.79 Å². The molecule has 1 fully saturated rings. The van der Waals surface area contributed by atoms with Crippen molar-refractivity contribution in [1.29, 1.82) is 0 Å². The average Bonchev–Trinajstić information content (AvgIpc) is 2.39. The first-order valence-corrected chi connectivity index (χ1v) is 7.00. The lowest BCUT2D eigenvalue weighted by Crippen LogP contribution is -2.47. The van der Waals surface area contributed by atoms with Gasteiger partial charge in [-0.3, -0.25) is 9.69 Å². The first-order chi connectivity index (χ1) is 9.15. The number of aldehydes is 1. The van der Waals surface area contributed by atoms with Gasteiger partial charge in [-0.1, -0.05) is 18.5 Å². The summed E-state index contributed by atoms with van der Waals surface area (Å²) in [5, 5.41) is 0.244. The van der Waals surface area contributed by atoms with E-state index >= 15 is 0 Å². The summed E-state index contributed by atoms with van der Waals surface area (Å²) < 4.78 is 0. The van der Waals surface area contributed by atoms with Crippen molar-refractivity contribution >= 4 is 23.7 Å². The minimum atomic E-state index is 0.244. The highest BCUT2D eigenvalue weighted by atomic mass is 35.5. The van der Waals surface area contributed by atoms with Gasteiger partial charge in [0.15, 0.2) is 6.29 Å². The molecule has 0 amide bonds. The lowest BCUT2D eigenvalue weighted by Gasteiger charge is -2.35. The summed E-state index contributed by atoms with van der Waals surface area (Å²) in [6, 6.07) is 0. The number of nitrogens with zero attached hydrogens (tertiary/aromatic N) is 4. The van der Waals surface area contributed by atoms with Gasteiger partial charge in [0.05, 0.1) is 5.56 Å². The lowest BCUT2D eigenvalue weighted by atomic mass is 10.2. The number of piperazine rings is 1. The number of rotatable bonds is 4. The fourth-order valence-electron chi connectivity index (χ4n) is 2.37. The minimum Gasteiger partial charge on any atom is -0.353 e. The van der Waals surface area contributed by atoms with E-state index in [9.17, 15) is 4.79 Å². The monoisotopic (exact) mass is 282 g/mol. The van der Waals surface area contributed by atoms with Gasteiger partial charge in [-0.25, -0.2) is 9.97 Å². The SMILES string of the molecule is CCCN1CCN(c2nc(C)nc(Cl)c2C=O)CC1. The van der Waals surface area contributed by atoms with Gasteiger partial charge >= 0.3 is 0 Å². The Balaban J connectivity index is 2.17. The normalized spacial score (nSPS) is 16.7. The van der Waals surface area contributed by atoms with Gasteiger partial charge in [0.25, 0.3) is 0 Å². The van der Waals surface area contributed by atoms with Crippen molar-refractivity contribution in [3.63, 3.8) is 0 Å². The average molecular weight is 283 g/mol. The van der Waals surface area contributed by atoms with Gasteiger partial charge in [0.1, 0.15) is 16.8 Å². The molecule has 0 spiro atoms. The Labute approximate surface area is 118 Å². The van der Waals surface area contributed by atoms with Crippen molar-refractivity contribution in [2.45, 2.75) is 20.3 Å². The Morgan fingerprint density at radius 2 is 1.95 bits per heavy atom. The molecule has 0 saturated carbocycles. The molecule has 0 aliphatic carbocycles. The Kier molecular flexibility index (Phi) is 4.71. The minimum absolute atomic E-state index is 0.244. The first-order valence-electron chi connectivity index (χ1n) is 6.62. The third-order valence-corrected chi connectivity index (χ3v) is 3.61. The second-order valence-corrected chi connectivity index (χ2v) is 5.10. The van der Waals surface area contributed by atoms with E-state index in [2.05, 4.69) is 26.7 Å². The third kappa shape index (κ3) is 3.22. The summed E-state index contributed by atoms with van der Waals surface area (Å²) in [4.78, 5) is 24.1. The molecule has 0 aromatic carbocycles. The molecule has 19 heavy (non-hydrogen) atoms. The summed E-state index contributed by atoms with van der Waals surface area (Å²) in [7, 11) is 0. The number of carbonyl (C=O) groups is 1. The maximum Gasteiger partial charge on any atom is 0.156 e. The van der Waals surface area contributed by atoms with Crippen molar-refractivity contribution in [3.8, 4) is 0 Å². The van der Waals surface area contributed by atoms with Crippen LogP contribution in [0.25, 0.3) is 0 Å². The van der Waals surface area contributed by atoms with Crippen LogP contribution in [-0.4, -0.2) is 53.9 Å². The number of hydrogen-bond acceptors (Lipinski definition) is 5. The summed E-state index contributed by atoms with van der Waals surface area (Å²) in [5.41, 5.74) is 0.399. The molecule has 0 N–H and O–H groups in total. The maximum absolute atomic E-state index is 11.2. The molecule has 2 heterocycles. The zero-order chi connectivity index (χ0) is 13.8. The molecule has 0 radical (unpaired) electrons. The number of carbonyl (C=O) groups excluding carboxylic acids is 1. The van der Waals surface area contributed by atoms with Crippen LogP contribution >= 0.6 is 11.6 Å². The number of halogens is 1. The summed E-state index contributed by atoms with van der Waals surface area (Å²) in [6.07, 6.45) is 1.91. The smallest absolute Gasteiger partial charge is 0.156 e. The highest BCUT2D eigenvalue weighted by Gasteiger charge is 2.21. The Morgan fingerprint density at radius 1 is 1.26 bits per heavy atom. The molecule has 104 valence electrons. The molecule has 0 unspecified atom stereocenters. The van der Waals surface area contributed by atoms with Gasteiger partial charge in [0, 0.05) is 26.2 Å². The number of hydrogen-bond donors (Lipinski definition) is 0. The number of anilines is 1. The van der Waals surface area contributed by atoms with E-state index in [0.29, 0.717) is 17.2 Å². The van der Waals surface area contributed by atoms with Crippen LogP contribution in [0.3, 0.4) is 0 Å². The molecular weight excluding hydrogens is 264 g/mol. The summed E-state index contributed by atoms with van der Waals surface area (Å²) in [6.45, 7) is 8.82. The molecular formula is C13H19ClN4O. The predicted octanol–water partition coefficient (Wildman–Crippen LogP) is 1.78. The van der Waals surface area contributed by atoms with E-state index in [4.69, 9.17) is 11.6 Å². The molecule has 6 heteroatoms. The summed E-state index contributed by atoms with van der Waals surface area (Å²) >= 11 is 6.01. The fraction of sp³-hybridized carbons (Fsp3) is 0.615. The second kappa shape index (κ2) is 6.30. The standard InChI is InChI=1S/C13H19ClN4O/c1-3-4-17-5-7-18(8-6-17)13-11(9-19)12(14)15-10(2)16-13/h9H,3-8H2,1-2H3. The number of aryl methyl sites for hydroxylation is 1.